The predicted octanol–water partition coefficient (Wildman–Crippen LogP) is 4.23. The second kappa shape index (κ2) is 6.67. The standard InChI is InChI=1S/C18H15ClN2O2/c1-12-5-7-13(8-6-12)10-20-18(22)16-17(23-11-21-16)14-3-2-4-15(19)9-14/h2-9,11H,10H2,1H3,(H,20,22). The van der Waals surface area contributed by atoms with Gasteiger partial charge in [-0.05, 0) is 24.6 Å². The Hall–Kier alpha value is -2.59. The van der Waals surface area contributed by atoms with Gasteiger partial charge < -0.3 is 9.73 Å². The molecule has 0 saturated heterocycles. The van der Waals surface area contributed by atoms with Gasteiger partial charge in [-0.15, -0.1) is 0 Å². The molecule has 0 spiro atoms. The van der Waals surface area contributed by atoms with Gasteiger partial charge in [-0.3, -0.25) is 4.79 Å². The molecular formula is C18H15ClN2O2. The average molecular weight is 327 g/mol. The van der Waals surface area contributed by atoms with Crippen LogP contribution in [-0.2, 0) is 6.54 Å². The molecule has 1 amide bonds. The van der Waals surface area contributed by atoms with Crippen LogP contribution in [0.4, 0.5) is 0 Å². The van der Waals surface area contributed by atoms with E-state index in [-0.39, 0.29) is 11.6 Å². The molecular weight excluding hydrogens is 312 g/mol. The highest BCUT2D eigenvalue weighted by Crippen LogP contribution is 2.25. The minimum atomic E-state index is -0.283. The minimum absolute atomic E-state index is 0.249. The lowest BCUT2D eigenvalue weighted by Gasteiger charge is -2.05. The summed E-state index contributed by atoms with van der Waals surface area (Å²) in [6.45, 7) is 2.45. The second-order valence-electron chi connectivity index (χ2n) is 5.21. The van der Waals surface area contributed by atoms with Crippen LogP contribution in [-0.4, -0.2) is 10.9 Å². The first-order chi connectivity index (χ1) is 11.1. The smallest absolute Gasteiger partial charge is 0.274 e. The van der Waals surface area contributed by atoms with Gasteiger partial charge in [0.2, 0.25) is 0 Å². The van der Waals surface area contributed by atoms with Gasteiger partial charge in [0.05, 0.1) is 0 Å². The van der Waals surface area contributed by atoms with Gasteiger partial charge in [0.1, 0.15) is 0 Å². The van der Waals surface area contributed by atoms with Gasteiger partial charge in [0, 0.05) is 17.1 Å². The van der Waals surface area contributed by atoms with E-state index in [1.165, 1.54) is 12.0 Å². The first-order valence-electron chi connectivity index (χ1n) is 7.16. The van der Waals surface area contributed by atoms with Crippen molar-refractivity contribution < 1.29 is 9.21 Å². The fraction of sp³-hybridized carbons (Fsp3) is 0.111. The monoisotopic (exact) mass is 326 g/mol. The lowest BCUT2D eigenvalue weighted by atomic mass is 10.1. The summed E-state index contributed by atoms with van der Waals surface area (Å²) in [5.74, 6) is 0.128. The van der Waals surface area contributed by atoms with Crippen molar-refractivity contribution in [2.75, 3.05) is 0 Å². The number of carbonyl (C=O) groups excluding carboxylic acids is 1. The Labute approximate surface area is 139 Å². The van der Waals surface area contributed by atoms with Crippen LogP contribution in [0.5, 0.6) is 0 Å². The van der Waals surface area contributed by atoms with E-state index in [2.05, 4.69) is 10.3 Å². The molecule has 23 heavy (non-hydrogen) atoms. The molecule has 0 unspecified atom stereocenters. The number of rotatable bonds is 4. The fourth-order valence-corrected chi connectivity index (χ4v) is 2.40. The highest BCUT2D eigenvalue weighted by atomic mass is 35.5. The van der Waals surface area contributed by atoms with Crippen LogP contribution in [0.15, 0.2) is 59.3 Å². The van der Waals surface area contributed by atoms with Crippen molar-refractivity contribution in [1.82, 2.24) is 10.3 Å². The molecule has 0 atom stereocenters. The number of oxazole rings is 1. The maximum absolute atomic E-state index is 12.4. The average Bonchev–Trinajstić information content (AvgIpc) is 3.04. The molecule has 0 radical (unpaired) electrons. The Morgan fingerprint density at radius 1 is 1.22 bits per heavy atom. The van der Waals surface area contributed by atoms with E-state index in [1.54, 1.807) is 18.2 Å². The third kappa shape index (κ3) is 3.60. The quantitative estimate of drug-likeness (QED) is 0.780. The molecule has 4 nitrogen and oxygen atoms in total. The van der Waals surface area contributed by atoms with Crippen molar-refractivity contribution in [2.45, 2.75) is 13.5 Å². The number of nitrogens with one attached hydrogen (secondary N) is 1. The van der Waals surface area contributed by atoms with Crippen molar-refractivity contribution in [3.8, 4) is 11.3 Å². The topological polar surface area (TPSA) is 55.1 Å². The van der Waals surface area contributed by atoms with Crippen LogP contribution in [0.3, 0.4) is 0 Å². The number of hydrogen-bond donors (Lipinski definition) is 1. The lowest BCUT2D eigenvalue weighted by molar-refractivity contribution is 0.0947. The molecule has 0 bridgehead atoms. The van der Waals surface area contributed by atoms with Gasteiger partial charge >= 0.3 is 0 Å². The van der Waals surface area contributed by atoms with Crippen molar-refractivity contribution in [1.29, 1.82) is 0 Å². The van der Waals surface area contributed by atoms with Gasteiger partial charge in [0.15, 0.2) is 17.8 Å². The highest BCUT2D eigenvalue weighted by molar-refractivity contribution is 6.30. The largest absolute Gasteiger partial charge is 0.443 e. The Bertz CT molecular complexity index is 825. The normalized spacial score (nSPS) is 10.5. The highest BCUT2D eigenvalue weighted by Gasteiger charge is 2.18. The second-order valence-corrected chi connectivity index (χ2v) is 5.65. The van der Waals surface area contributed by atoms with Crippen LogP contribution in [0.2, 0.25) is 5.02 Å². The van der Waals surface area contributed by atoms with E-state index < -0.39 is 0 Å². The van der Waals surface area contributed by atoms with Crippen molar-refractivity contribution in [3.05, 3.63) is 76.8 Å². The molecule has 0 aliphatic carbocycles. The third-order valence-electron chi connectivity index (χ3n) is 3.44. The first-order valence-corrected chi connectivity index (χ1v) is 7.54. The van der Waals surface area contributed by atoms with Gasteiger partial charge in [-0.2, -0.15) is 0 Å². The summed E-state index contributed by atoms with van der Waals surface area (Å²) in [7, 11) is 0. The van der Waals surface area contributed by atoms with E-state index in [9.17, 15) is 4.79 Å². The van der Waals surface area contributed by atoms with E-state index in [0.717, 1.165) is 11.1 Å². The maximum Gasteiger partial charge on any atom is 0.274 e. The molecule has 2 aromatic carbocycles. The Morgan fingerprint density at radius 2 is 2.00 bits per heavy atom. The molecule has 3 aromatic rings. The SMILES string of the molecule is Cc1ccc(CNC(=O)c2ncoc2-c2cccc(Cl)c2)cc1. The zero-order valence-corrected chi connectivity index (χ0v) is 13.3. The summed E-state index contributed by atoms with van der Waals surface area (Å²) >= 11 is 5.98. The van der Waals surface area contributed by atoms with E-state index in [1.807, 2.05) is 37.3 Å². The van der Waals surface area contributed by atoms with Gasteiger partial charge in [-0.25, -0.2) is 4.98 Å². The van der Waals surface area contributed by atoms with Crippen LogP contribution >= 0.6 is 11.6 Å². The molecule has 3 rings (SSSR count). The Kier molecular flexibility index (Phi) is 4.44. The van der Waals surface area contributed by atoms with Gasteiger partial charge in [0.25, 0.3) is 5.91 Å². The Balaban J connectivity index is 1.76. The molecule has 116 valence electrons. The number of aromatic nitrogens is 1. The Morgan fingerprint density at radius 3 is 2.74 bits per heavy atom. The zero-order valence-electron chi connectivity index (χ0n) is 12.5. The fourth-order valence-electron chi connectivity index (χ4n) is 2.21. The molecule has 1 aromatic heterocycles. The van der Waals surface area contributed by atoms with E-state index >= 15 is 0 Å². The minimum Gasteiger partial charge on any atom is -0.443 e. The summed E-state index contributed by atoms with van der Waals surface area (Å²) in [6, 6.07) is 15.1. The molecule has 0 fully saturated rings. The van der Waals surface area contributed by atoms with Crippen LogP contribution in [0.1, 0.15) is 21.6 Å². The summed E-state index contributed by atoms with van der Waals surface area (Å²) < 4.78 is 5.36. The van der Waals surface area contributed by atoms with Crippen LogP contribution < -0.4 is 5.32 Å². The lowest BCUT2D eigenvalue weighted by Crippen LogP contribution is -2.23. The number of carbonyl (C=O) groups is 1. The van der Waals surface area contributed by atoms with Crippen molar-refractivity contribution in [2.24, 2.45) is 0 Å². The molecule has 0 saturated carbocycles. The van der Waals surface area contributed by atoms with Crippen LogP contribution in [0.25, 0.3) is 11.3 Å². The maximum atomic E-state index is 12.4. The van der Waals surface area contributed by atoms with Crippen molar-refractivity contribution in [3.63, 3.8) is 0 Å². The number of amides is 1. The summed E-state index contributed by atoms with van der Waals surface area (Å²) in [6.07, 6.45) is 1.26. The first kappa shape index (κ1) is 15.3. The zero-order chi connectivity index (χ0) is 16.2. The summed E-state index contributed by atoms with van der Waals surface area (Å²) in [4.78, 5) is 16.4. The van der Waals surface area contributed by atoms with E-state index in [0.29, 0.717) is 17.3 Å². The summed E-state index contributed by atoms with van der Waals surface area (Å²) in [5.41, 5.74) is 3.17. The van der Waals surface area contributed by atoms with E-state index in [4.69, 9.17) is 16.0 Å². The number of halogens is 1. The van der Waals surface area contributed by atoms with Crippen LogP contribution in [0, 0.1) is 6.92 Å². The predicted molar refractivity (Wildman–Crippen MR) is 89.3 cm³/mol. The molecule has 1 heterocycles. The summed E-state index contributed by atoms with van der Waals surface area (Å²) in [5, 5.41) is 3.43. The number of aryl methyl sites for hydroxylation is 1. The molecule has 0 aliphatic heterocycles. The number of benzene rings is 2. The number of hydrogen-bond acceptors (Lipinski definition) is 3. The third-order valence-corrected chi connectivity index (χ3v) is 3.68. The molecule has 0 aliphatic rings. The van der Waals surface area contributed by atoms with Gasteiger partial charge in [-0.1, -0.05) is 53.6 Å². The number of nitrogens with zero attached hydrogens (tertiary/aromatic N) is 1. The van der Waals surface area contributed by atoms with Crippen molar-refractivity contribution >= 4 is 17.5 Å². The molecule has 1 N–H and O–H groups in total. The molecule has 5 heteroatoms.